The fourth-order valence-corrected chi connectivity index (χ4v) is 6.95. The first-order valence-electron chi connectivity index (χ1n) is 20.3. The summed E-state index contributed by atoms with van der Waals surface area (Å²) < 4.78 is 0.942. The van der Waals surface area contributed by atoms with Gasteiger partial charge in [-0.15, -0.1) is 0 Å². The first kappa shape index (κ1) is 41.1. The van der Waals surface area contributed by atoms with E-state index in [-0.39, 0.29) is 5.91 Å². The molecule has 260 valence electrons. The molecule has 1 rings (SSSR count). The molecule has 0 aromatic carbocycles. The van der Waals surface area contributed by atoms with Gasteiger partial charge in [-0.05, 0) is 12.8 Å². The number of amides is 1. The smallest absolute Gasteiger partial charge is 0.220 e. The first-order valence-corrected chi connectivity index (χ1v) is 20.3. The Hall–Kier alpha value is -0.900. The van der Waals surface area contributed by atoms with Crippen molar-refractivity contribution < 1.29 is 9.28 Å². The first-order chi connectivity index (χ1) is 21.6. The lowest BCUT2D eigenvalue weighted by Crippen LogP contribution is -2.51. The number of carbonyl (C=O) groups is 1. The van der Waals surface area contributed by atoms with Gasteiger partial charge in [0.25, 0.3) is 0 Å². The van der Waals surface area contributed by atoms with Gasteiger partial charge >= 0.3 is 0 Å². The van der Waals surface area contributed by atoms with Crippen molar-refractivity contribution in [1.29, 1.82) is 0 Å². The highest BCUT2D eigenvalue weighted by Crippen LogP contribution is 2.19. The lowest BCUT2D eigenvalue weighted by molar-refractivity contribution is -0.814. The third-order valence-corrected chi connectivity index (χ3v) is 10.2. The molecule has 0 spiro atoms. The van der Waals surface area contributed by atoms with Crippen LogP contribution in [0.5, 0.6) is 0 Å². The van der Waals surface area contributed by atoms with E-state index >= 15 is 0 Å². The van der Waals surface area contributed by atoms with E-state index in [4.69, 9.17) is 4.99 Å². The molecule has 0 aromatic heterocycles. The largest absolute Gasteiger partial charge is 0.350 e. The highest BCUT2D eigenvalue weighted by molar-refractivity contribution is 5.77. The molecule has 1 heterocycles. The SMILES string of the molecule is CCCCCCCCCCCCCCCCCCC1=NCC[N+]1(C)CCNC(=O)CCCCCCCCCCCCCCC. The van der Waals surface area contributed by atoms with Gasteiger partial charge in [0.1, 0.15) is 13.1 Å². The van der Waals surface area contributed by atoms with E-state index in [2.05, 4.69) is 26.2 Å². The monoisotopic (exact) mass is 619 g/mol. The van der Waals surface area contributed by atoms with Gasteiger partial charge in [-0.2, -0.15) is 0 Å². The minimum Gasteiger partial charge on any atom is -0.350 e. The molecule has 4 heteroatoms. The van der Waals surface area contributed by atoms with E-state index in [0.717, 1.165) is 43.5 Å². The van der Waals surface area contributed by atoms with Crippen molar-refractivity contribution in [2.45, 2.75) is 213 Å². The Morgan fingerprint density at radius 3 is 1.34 bits per heavy atom. The second-order valence-corrected chi connectivity index (χ2v) is 14.5. The molecule has 1 N–H and O–H groups in total. The summed E-state index contributed by atoms with van der Waals surface area (Å²) in [6.07, 6.45) is 42.0. The van der Waals surface area contributed by atoms with Crippen LogP contribution in [0, 0.1) is 0 Å². The molecule has 0 saturated heterocycles. The Bertz CT molecular complexity index is 663. The lowest BCUT2D eigenvalue weighted by atomic mass is 10.0. The van der Waals surface area contributed by atoms with Gasteiger partial charge in [0, 0.05) is 12.8 Å². The number of rotatable bonds is 34. The number of hydrogen-bond acceptors (Lipinski definition) is 2. The van der Waals surface area contributed by atoms with Crippen LogP contribution >= 0.6 is 0 Å². The molecule has 0 saturated carbocycles. The van der Waals surface area contributed by atoms with Gasteiger partial charge in [-0.1, -0.05) is 187 Å². The summed E-state index contributed by atoms with van der Waals surface area (Å²) in [5, 5.41) is 3.21. The van der Waals surface area contributed by atoms with Crippen molar-refractivity contribution in [2.75, 3.05) is 33.2 Å². The van der Waals surface area contributed by atoms with Crippen molar-refractivity contribution in [1.82, 2.24) is 5.32 Å². The summed E-state index contributed by atoms with van der Waals surface area (Å²) in [6.45, 7) is 8.41. The molecule has 0 fully saturated rings. The number of hydrogen-bond donors (Lipinski definition) is 1. The molecule has 1 amide bonds. The highest BCUT2D eigenvalue weighted by atomic mass is 16.1. The predicted molar refractivity (Wildman–Crippen MR) is 196 cm³/mol. The van der Waals surface area contributed by atoms with Crippen LogP contribution in [-0.2, 0) is 4.79 Å². The quantitative estimate of drug-likeness (QED) is 0.0565. The summed E-state index contributed by atoms with van der Waals surface area (Å²) in [4.78, 5) is 17.3. The number of amidine groups is 1. The molecule has 1 aliphatic rings. The van der Waals surface area contributed by atoms with Gasteiger partial charge in [0.2, 0.25) is 5.91 Å². The van der Waals surface area contributed by atoms with Crippen LogP contribution < -0.4 is 5.32 Å². The molecular weight excluding hydrogens is 538 g/mol. The van der Waals surface area contributed by atoms with E-state index in [1.54, 1.807) is 0 Å². The Balaban J connectivity index is 1.91. The Kier molecular flexibility index (Phi) is 28.7. The summed E-state index contributed by atoms with van der Waals surface area (Å²) in [6, 6.07) is 0. The van der Waals surface area contributed by atoms with Crippen molar-refractivity contribution in [3.05, 3.63) is 0 Å². The van der Waals surface area contributed by atoms with Gasteiger partial charge in [-0.3, -0.25) is 9.28 Å². The number of aliphatic imine (C=N–C) groups is 1. The molecule has 0 bridgehead atoms. The molecule has 4 nitrogen and oxygen atoms in total. The van der Waals surface area contributed by atoms with Gasteiger partial charge < -0.3 is 5.32 Å². The minimum absolute atomic E-state index is 0.246. The molecule has 1 atom stereocenters. The number of nitrogens with zero attached hydrogens (tertiary/aromatic N) is 2. The average molecular weight is 619 g/mol. The van der Waals surface area contributed by atoms with Gasteiger partial charge in [-0.25, -0.2) is 4.99 Å². The number of nitrogens with one attached hydrogen (secondary N) is 1. The summed E-state index contributed by atoms with van der Waals surface area (Å²) >= 11 is 0. The highest BCUT2D eigenvalue weighted by Gasteiger charge is 2.32. The van der Waals surface area contributed by atoms with Crippen LogP contribution in [0.2, 0.25) is 0 Å². The second kappa shape index (κ2) is 30.7. The van der Waals surface area contributed by atoms with Crippen molar-refractivity contribution in [3.63, 3.8) is 0 Å². The predicted octanol–water partition coefficient (Wildman–Crippen LogP) is 12.1. The maximum absolute atomic E-state index is 12.4. The number of carbonyl (C=O) groups excluding carboxylic acids is 1. The maximum atomic E-state index is 12.4. The average Bonchev–Trinajstić information content (AvgIpc) is 3.38. The topological polar surface area (TPSA) is 41.5 Å². The fraction of sp³-hybridized carbons (Fsp3) is 0.950. The summed E-state index contributed by atoms with van der Waals surface area (Å²) in [7, 11) is 2.33. The standard InChI is InChI=1S/C40H79N3O/c1-4-6-8-10-12-14-16-18-19-20-22-23-25-27-29-31-33-39-41-35-37-43(39,3)38-36-42-40(44)34-32-30-28-26-24-21-17-15-13-11-9-7-5-2/h4-38H2,1-3H3/p+1. The normalized spacial score (nSPS) is 16.5. The van der Waals surface area contributed by atoms with Crippen LogP contribution in [0.4, 0.5) is 0 Å². The maximum Gasteiger partial charge on any atom is 0.220 e. The summed E-state index contributed by atoms with van der Waals surface area (Å²) in [5.41, 5.74) is 0. The zero-order valence-corrected chi connectivity index (χ0v) is 30.6. The van der Waals surface area contributed by atoms with Crippen LogP contribution in [-0.4, -0.2) is 49.5 Å². The minimum atomic E-state index is 0.246. The molecule has 0 aromatic rings. The molecule has 0 aliphatic carbocycles. The van der Waals surface area contributed by atoms with Gasteiger partial charge in [0.05, 0.1) is 20.1 Å². The summed E-state index contributed by atoms with van der Waals surface area (Å²) in [5.74, 6) is 1.62. The van der Waals surface area contributed by atoms with Crippen LogP contribution in [0.1, 0.15) is 213 Å². The van der Waals surface area contributed by atoms with Gasteiger partial charge in [0.15, 0.2) is 5.84 Å². The number of likely N-dealkylation sites (N-methyl/N-ethyl adjacent to an activating group) is 1. The lowest BCUT2D eigenvalue weighted by Gasteiger charge is -2.30. The van der Waals surface area contributed by atoms with E-state index in [0.29, 0.717) is 6.42 Å². The zero-order valence-electron chi connectivity index (χ0n) is 30.6. The molecule has 1 unspecified atom stereocenters. The number of quaternary nitrogens is 1. The van der Waals surface area contributed by atoms with Crippen LogP contribution in [0.3, 0.4) is 0 Å². The van der Waals surface area contributed by atoms with Crippen LogP contribution in [0.15, 0.2) is 4.99 Å². The molecule has 0 radical (unpaired) electrons. The number of unbranched alkanes of at least 4 members (excludes halogenated alkanes) is 27. The Labute approximate surface area is 277 Å². The second-order valence-electron chi connectivity index (χ2n) is 14.5. The zero-order chi connectivity index (χ0) is 31.8. The Morgan fingerprint density at radius 2 is 0.932 bits per heavy atom. The van der Waals surface area contributed by atoms with Crippen molar-refractivity contribution in [2.24, 2.45) is 4.99 Å². The third-order valence-electron chi connectivity index (χ3n) is 10.2. The van der Waals surface area contributed by atoms with Crippen LogP contribution in [0.25, 0.3) is 0 Å². The Morgan fingerprint density at radius 1 is 0.568 bits per heavy atom. The van der Waals surface area contributed by atoms with E-state index < -0.39 is 0 Å². The molecular formula is C40H80N3O+. The van der Waals surface area contributed by atoms with E-state index in [9.17, 15) is 4.79 Å². The molecule has 44 heavy (non-hydrogen) atoms. The van der Waals surface area contributed by atoms with Crippen molar-refractivity contribution >= 4 is 11.7 Å². The van der Waals surface area contributed by atoms with E-state index in [1.807, 2.05) is 0 Å². The van der Waals surface area contributed by atoms with E-state index in [1.165, 1.54) is 186 Å². The van der Waals surface area contributed by atoms with Crippen molar-refractivity contribution in [3.8, 4) is 0 Å². The third kappa shape index (κ3) is 24.3. The molecule has 1 aliphatic heterocycles. The fourth-order valence-electron chi connectivity index (χ4n) is 6.95.